The predicted octanol–water partition coefficient (Wildman–Crippen LogP) is 1.24. The minimum Gasteiger partial charge on any atom is -0.266 e. The van der Waals surface area contributed by atoms with Gasteiger partial charge in [0.05, 0.1) is 17.8 Å². The van der Waals surface area contributed by atoms with Crippen LogP contribution in [0.15, 0.2) is 24.3 Å². The van der Waals surface area contributed by atoms with Gasteiger partial charge in [0, 0.05) is 5.39 Å². The molecule has 72 valence electrons. The molecule has 0 radical (unpaired) electrons. The molecule has 3 rings (SSSR count). The van der Waals surface area contributed by atoms with Crippen molar-refractivity contribution in [3.05, 3.63) is 30.0 Å². The van der Waals surface area contributed by atoms with Gasteiger partial charge in [-0.25, -0.2) is 9.69 Å². The second-order valence-corrected chi connectivity index (χ2v) is 3.71. The van der Waals surface area contributed by atoms with Crippen LogP contribution in [0.3, 0.4) is 0 Å². The van der Waals surface area contributed by atoms with E-state index in [2.05, 4.69) is 18.1 Å². The number of fused-ring (bicyclic) bond motifs is 3. The van der Waals surface area contributed by atoms with Crippen molar-refractivity contribution in [2.45, 2.75) is 19.6 Å². The molecule has 1 aromatic heterocycles. The number of benzene rings is 1. The molecular weight excluding hydrogens is 176 g/mol. The van der Waals surface area contributed by atoms with Gasteiger partial charge in [-0.1, -0.05) is 18.2 Å². The summed E-state index contributed by atoms with van der Waals surface area (Å²) in [5.74, 6) is 5.84. The first kappa shape index (κ1) is 7.96. The molecule has 0 saturated heterocycles. The molecule has 1 aliphatic heterocycles. The highest BCUT2D eigenvalue weighted by Gasteiger charge is 2.26. The first-order valence-electron chi connectivity index (χ1n) is 4.75. The van der Waals surface area contributed by atoms with Gasteiger partial charge in [-0.2, -0.15) is 5.10 Å². The average Bonchev–Trinajstić information content (AvgIpc) is 2.67. The van der Waals surface area contributed by atoms with Gasteiger partial charge in [0.2, 0.25) is 0 Å². The van der Waals surface area contributed by atoms with Gasteiger partial charge in [0.1, 0.15) is 6.17 Å². The molecule has 4 nitrogen and oxygen atoms in total. The van der Waals surface area contributed by atoms with Crippen LogP contribution in [0.1, 0.15) is 18.8 Å². The number of hydrogen-bond donors (Lipinski definition) is 1. The van der Waals surface area contributed by atoms with Gasteiger partial charge in [-0.05, 0) is 13.0 Å². The second-order valence-electron chi connectivity index (χ2n) is 3.71. The quantitative estimate of drug-likeness (QED) is 0.633. The van der Waals surface area contributed by atoms with Crippen LogP contribution < -0.4 is 5.84 Å². The Morgan fingerprint density at radius 2 is 2.21 bits per heavy atom. The lowest BCUT2D eigenvalue weighted by Crippen LogP contribution is -2.29. The first-order valence-corrected chi connectivity index (χ1v) is 4.75. The van der Waals surface area contributed by atoms with Crippen molar-refractivity contribution in [1.82, 2.24) is 14.8 Å². The Morgan fingerprint density at radius 3 is 3.07 bits per heavy atom. The second kappa shape index (κ2) is 2.56. The number of nitrogens with zero attached hydrogens (tertiary/aromatic N) is 3. The van der Waals surface area contributed by atoms with Crippen molar-refractivity contribution in [2.75, 3.05) is 0 Å². The number of hydrazine groups is 1. The highest BCUT2D eigenvalue weighted by Crippen LogP contribution is 2.28. The maximum Gasteiger partial charge on any atom is 0.114 e. The SMILES string of the molecule is CC1N(N)Cc2c3ccccc3nn21. The summed E-state index contributed by atoms with van der Waals surface area (Å²) in [6, 6.07) is 8.18. The summed E-state index contributed by atoms with van der Waals surface area (Å²) in [4.78, 5) is 0. The van der Waals surface area contributed by atoms with Crippen LogP contribution in [0, 0.1) is 0 Å². The van der Waals surface area contributed by atoms with Crippen molar-refractivity contribution >= 4 is 10.9 Å². The molecule has 0 aliphatic carbocycles. The van der Waals surface area contributed by atoms with Crippen LogP contribution >= 0.6 is 0 Å². The molecule has 0 amide bonds. The summed E-state index contributed by atoms with van der Waals surface area (Å²) in [6.07, 6.45) is 0.164. The van der Waals surface area contributed by atoms with Crippen molar-refractivity contribution in [3.63, 3.8) is 0 Å². The summed E-state index contributed by atoms with van der Waals surface area (Å²) in [5, 5.41) is 7.54. The van der Waals surface area contributed by atoms with Gasteiger partial charge in [0.15, 0.2) is 0 Å². The summed E-state index contributed by atoms with van der Waals surface area (Å²) in [7, 11) is 0. The van der Waals surface area contributed by atoms with E-state index in [1.165, 1.54) is 11.1 Å². The van der Waals surface area contributed by atoms with Gasteiger partial charge >= 0.3 is 0 Å². The van der Waals surface area contributed by atoms with Crippen LogP contribution in [0.4, 0.5) is 0 Å². The standard InChI is InChI=1S/C10H12N4/c1-7-13(11)6-10-8-4-2-3-5-9(8)12-14(7)10/h2-5,7H,6,11H2,1H3. The third-order valence-corrected chi connectivity index (χ3v) is 2.87. The Kier molecular flexibility index (Phi) is 1.45. The lowest BCUT2D eigenvalue weighted by molar-refractivity contribution is 0.186. The Labute approximate surface area is 81.9 Å². The van der Waals surface area contributed by atoms with Crippen LogP contribution in [-0.2, 0) is 6.54 Å². The molecule has 0 fully saturated rings. The van der Waals surface area contributed by atoms with Crippen molar-refractivity contribution in [1.29, 1.82) is 0 Å². The first-order chi connectivity index (χ1) is 6.77. The Morgan fingerprint density at radius 1 is 1.43 bits per heavy atom. The maximum atomic E-state index is 5.84. The van der Waals surface area contributed by atoms with E-state index in [4.69, 9.17) is 5.84 Å². The smallest absolute Gasteiger partial charge is 0.114 e. The molecule has 1 atom stereocenters. The molecule has 0 bridgehead atoms. The van der Waals surface area contributed by atoms with Crippen LogP contribution in [0.2, 0.25) is 0 Å². The average molecular weight is 188 g/mol. The molecule has 2 heterocycles. The largest absolute Gasteiger partial charge is 0.266 e. The molecule has 2 N–H and O–H groups in total. The van der Waals surface area contributed by atoms with Gasteiger partial charge in [-0.15, -0.1) is 0 Å². The van der Waals surface area contributed by atoms with E-state index in [0.717, 1.165) is 12.1 Å². The fourth-order valence-corrected chi connectivity index (χ4v) is 2.02. The van der Waals surface area contributed by atoms with E-state index < -0.39 is 0 Å². The zero-order valence-corrected chi connectivity index (χ0v) is 8.01. The molecule has 14 heavy (non-hydrogen) atoms. The van der Waals surface area contributed by atoms with Crippen molar-refractivity contribution < 1.29 is 0 Å². The molecule has 2 aromatic rings. The minimum atomic E-state index is 0.164. The van der Waals surface area contributed by atoms with Crippen molar-refractivity contribution in [3.8, 4) is 0 Å². The van der Waals surface area contributed by atoms with Crippen molar-refractivity contribution in [2.24, 2.45) is 5.84 Å². The Balaban J connectivity index is 2.31. The molecule has 1 aromatic carbocycles. The van der Waals surface area contributed by atoms with E-state index in [9.17, 15) is 0 Å². The minimum absolute atomic E-state index is 0.164. The molecule has 0 saturated carbocycles. The van der Waals surface area contributed by atoms with Crippen LogP contribution in [-0.4, -0.2) is 14.8 Å². The van der Waals surface area contributed by atoms with Gasteiger partial charge < -0.3 is 0 Å². The highest BCUT2D eigenvalue weighted by atomic mass is 15.6. The molecular formula is C10H12N4. The Hall–Kier alpha value is -1.39. The van der Waals surface area contributed by atoms with Crippen LogP contribution in [0.5, 0.6) is 0 Å². The van der Waals surface area contributed by atoms with Gasteiger partial charge in [0.25, 0.3) is 0 Å². The van der Waals surface area contributed by atoms with E-state index in [0.29, 0.717) is 0 Å². The molecule has 0 spiro atoms. The lowest BCUT2D eigenvalue weighted by Gasteiger charge is -2.13. The van der Waals surface area contributed by atoms with Crippen LogP contribution in [0.25, 0.3) is 10.9 Å². The van der Waals surface area contributed by atoms with E-state index in [1.807, 2.05) is 22.9 Å². The molecule has 4 heteroatoms. The number of hydrogen-bond acceptors (Lipinski definition) is 3. The Bertz CT molecular complexity index is 488. The fraction of sp³-hybridized carbons (Fsp3) is 0.300. The van der Waals surface area contributed by atoms with E-state index in [-0.39, 0.29) is 6.17 Å². The number of rotatable bonds is 0. The maximum absolute atomic E-state index is 5.84. The summed E-state index contributed by atoms with van der Waals surface area (Å²) >= 11 is 0. The summed E-state index contributed by atoms with van der Waals surface area (Å²) < 4.78 is 2.00. The third kappa shape index (κ3) is 0.867. The fourth-order valence-electron chi connectivity index (χ4n) is 2.02. The third-order valence-electron chi connectivity index (χ3n) is 2.87. The summed E-state index contributed by atoms with van der Waals surface area (Å²) in [6.45, 7) is 2.84. The zero-order chi connectivity index (χ0) is 9.71. The molecule has 1 unspecified atom stereocenters. The molecule has 1 aliphatic rings. The normalized spacial score (nSPS) is 21.7. The zero-order valence-electron chi connectivity index (χ0n) is 8.01. The lowest BCUT2D eigenvalue weighted by atomic mass is 10.2. The number of nitrogens with two attached hydrogens (primary N) is 1. The van der Waals surface area contributed by atoms with Gasteiger partial charge in [-0.3, -0.25) is 5.84 Å². The number of aromatic nitrogens is 2. The van der Waals surface area contributed by atoms with E-state index in [1.54, 1.807) is 5.01 Å². The monoisotopic (exact) mass is 188 g/mol. The predicted molar refractivity (Wildman–Crippen MR) is 54.2 cm³/mol. The van der Waals surface area contributed by atoms with E-state index >= 15 is 0 Å². The highest BCUT2D eigenvalue weighted by molar-refractivity contribution is 5.81. The summed E-state index contributed by atoms with van der Waals surface area (Å²) in [5.41, 5.74) is 2.28. The topological polar surface area (TPSA) is 47.1 Å².